The molecule has 1 aliphatic heterocycles. The predicted molar refractivity (Wildman–Crippen MR) is 92.7 cm³/mol. The number of fused-ring (bicyclic) bond motifs is 1. The topological polar surface area (TPSA) is 91.5 Å². The molecule has 25 heavy (non-hydrogen) atoms. The fourth-order valence-electron chi connectivity index (χ4n) is 2.65. The van der Waals surface area contributed by atoms with Crippen molar-refractivity contribution in [3.05, 3.63) is 47.2 Å². The Morgan fingerprint density at radius 3 is 2.68 bits per heavy atom. The summed E-state index contributed by atoms with van der Waals surface area (Å²) in [5.41, 5.74) is 0.112. The molecule has 0 atom stereocenters. The third-order valence-corrected chi connectivity index (χ3v) is 4.17. The van der Waals surface area contributed by atoms with Gasteiger partial charge in [0.05, 0.1) is 16.4 Å². The van der Waals surface area contributed by atoms with Gasteiger partial charge in [-0.25, -0.2) is 4.79 Å². The van der Waals surface area contributed by atoms with Crippen molar-refractivity contribution in [1.29, 1.82) is 0 Å². The number of amides is 2. The monoisotopic (exact) mass is 361 g/mol. The van der Waals surface area contributed by atoms with Crippen LogP contribution >= 0.6 is 11.6 Å². The molecule has 7 nitrogen and oxygen atoms in total. The van der Waals surface area contributed by atoms with Gasteiger partial charge in [-0.1, -0.05) is 23.7 Å². The summed E-state index contributed by atoms with van der Waals surface area (Å²) >= 11 is 5.74. The van der Waals surface area contributed by atoms with Gasteiger partial charge in [-0.05, 0) is 32.0 Å². The minimum atomic E-state index is -1.12. The first-order valence-electron chi connectivity index (χ1n) is 7.55. The van der Waals surface area contributed by atoms with Crippen LogP contribution in [-0.4, -0.2) is 34.9 Å². The Morgan fingerprint density at radius 1 is 1.28 bits per heavy atom. The van der Waals surface area contributed by atoms with Crippen molar-refractivity contribution in [2.45, 2.75) is 19.4 Å². The zero-order chi connectivity index (χ0) is 18.2. The number of carbonyl (C=O) groups excluding carboxylic acids is 3. The Bertz CT molecular complexity index is 859. The van der Waals surface area contributed by atoms with Gasteiger partial charge >= 0.3 is 5.97 Å². The number of halogens is 1. The molecular formula is C17H16ClN3O4. The van der Waals surface area contributed by atoms with Crippen LogP contribution in [0.5, 0.6) is 0 Å². The van der Waals surface area contributed by atoms with E-state index in [4.69, 9.17) is 16.3 Å². The van der Waals surface area contributed by atoms with E-state index in [1.807, 2.05) is 0 Å². The first-order valence-corrected chi connectivity index (χ1v) is 7.93. The van der Waals surface area contributed by atoms with Crippen LogP contribution in [0, 0.1) is 0 Å². The Labute approximate surface area is 148 Å². The van der Waals surface area contributed by atoms with E-state index >= 15 is 0 Å². The molecule has 0 radical (unpaired) electrons. The van der Waals surface area contributed by atoms with Crippen LogP contribution in [0.4, 0.5) is 11.4 Å². The quantitative estimate of drug-likeness (QED) is 0.822. The van der Waals surface area contributed by atoms with Crippen LogP contribution in [0.25, 0.3) is 0 Å². The van der Waals surface area contributed by atoms with Crippen LogP contribution in [0.2, 0.25) is 5.02 Å². The number of anilines is 2. The summed E-state index contributed by atoms with van der Waals surface area (Å²) in [5, 5.41) is 3.13. The fraction of sp³-hybridized carbons (Fsp3) is 0.235. The first kappa shape index (κ1) is 17.0. The fourth-order valence-corrected chi connectivity index (χ4v) is 2.82. The summed E-state index contributed by atoms with van der Waals surface area (Å²) in [6, 6.07) is 8.35. The molecule has 0 saturated carbocycles. The summed E-state index contributed by atoms with van der Waals surface area (Å²) in [6.07, 6.45) is 1.44. The number of benzene rings is 1. The van der Waals surface area contributed by atoms with Gasteiger partial charge in [0.15, 0.2) is 6.61 Å². The molecule has 3 rings (SSSR count). The SMILES string of the molecule is CC1(C)C(=O)Nc2ccccc2N1C(=O)COC(=O)c1cc(Cl)c[nH]1. The zero-order valence-corrected chi connectivity index (χ0v) is 14.4. The molecule has 0 bridgehead atoms. The zero-order valence-electron chi connectivity index (χ0n) is 13.6. The van der Waals surface area contributed by atoms with Gasteiger partial charge in [0, 0.05) is 6.20 Å². The molecule has 2 aromatic rings. The predicted octanol–water partition coefficient (Wildman–Crippen LogP) is 2.59. The van der Waals surface area contributed by atoms with Gasteiger partial charge < -0.3 is 15.0 Å². The molecule has 0 saturated heterocycles. The van der Waals surface area contributed by atoms with Gasteiger partial charge in [-0.2, -0.15) is 0 Å². The van der Waals surface area contributed by atoms with Crippen LogP contribution in [-0.2, 0) is 14.3 Å². The van der Waals surface area contributed by atoms with E-state index in [2.05, 4.69) is 10.3 Å². The second kappa shape index (κ2) is 6.25. The summed E-state index contributed by atoms with van der Waals surface area (Å²) in [5.74, 6) is -1.52. The van der Waals surface area contributed by atoms with Gasteiger partial charge in [-0.15, -0.1) is 0 Å². The second-order valence-corrected chi connectivity index (χ2v) is 6.50. The van der Waals surface area contributed by atoms with E-state index < -0.39 is 24.0 Å². The van der Waals surface area contributed by atoms with Crippen molar-refractivity contribution >= 4 is 40.8 Å². The van der Waals surface area contributed by atoms with Crippen molar-refractivity contribution in [1.82, 2.24) is 4.98 Å². The molecule has 2 heterocycles. The molecule has 1 aromatic heterocycles. The Morgan fingerprint density at radius 2 is 2.00 bits per heavy atom. The van der Waals surface area contributed by atoms with Gasteiger partial charge in [0.2, 0.25) is 5.91 Å². The highest BCUT2D eigenvalue weighted by Crippen LogP contribution is 2.36. The lowest BCUT2D eigenvalue weighted by atomic mass is 9.96. The molecule has 0 spiro atoms. The van der Waals surface area contributed by atoms with Gasteiger partial charge in [0.1, 0.15) is 11.2 Å². The molecule has 0 fully saturated rings. The number of H-pyrrole nitrogens is 1. The lowest BCUT2D eigenvalue weighted by Gasteiger charge is -2.41. The van der Waals surface area contributed by atoms with Crippen LogP contribution in [0.3, 0.4) is 0 Å². The van der Waals surface area contributed by atoms with E-state index in [-0.39, 0.29) is 11.6 Å². The average molecular weight is 362 g/mol. The molecule has 130 valence electrons. The summed E-state index contributed by atoms with van der Waals surface area (Å²) in [4.78, 5) is 41.0. The number of carbonyl (C=O) groups is 3. The number of rotatable bonds is 3. The van der Waals surface area contributed by atoms with Crippen molar-refractivity contribution in [3.8, 4) is 0 Å². The number of nitrogens with zero attached hydrogens (tertiary/aromatic N) is 1. The summed E-state index contributed by atoms with van der Waals surface area (Å²) in [6.45, 7) is 2.76. The summed E-state index contributed by atoms with van der Waals surface area (Å²) in [7, 11) is 0. The second-order valence-electron chi connectivity index (χ2n) is 6.07. The number of aromatic amines is 1. The maximum atomic E-state index is 12.7. The minimum Gasteiger partial charge on any atom is -0.451 e. The number of hydrogen-bond donors (Lipinski definition) is 2. The van der Waals surface area contributed by atoms with Crippen LogP contribution < -0.4 is 10.2 Å². The van der Waals surface area contributed by atoms with Crippen molar-refractivity contribution in [2.75, 3.05) is 16.8 Å². The van der Waals surface area contributed by atoms with Gasteiger partial charge in [0.25, 0.3) is 5.91 Å². The maximum Gasteiger partial charge on any atom is 0.355 e. The van der Waals surface area contributed by atoms with E-state index in [9.17, 15) is 14.4 Å². The van der Waals surface area contributed by atoms with Gasteiger partial charge in [-0.3, -0.25) is 14.5 Å². The Kier molecular flexibility index (Phi) is 4.26. The van der Waals surface area contributed by atoms with Crippen molar-refractivity contribution in [3.63, 3.8) is 0 Å². The lowest BCUT2D eigenvalue weighted by molar-refractivity contribution is -0.128. The number of para-hydroxylation sites is 2. The molecule has 2 N–H and O–H groups in total. The third kappa shape index (κ3) is 3.10. The number of hydrogen-bond acceptors (Lipinski definition) is 4. The van der Waals surface area contributed by atoms with E-state index in [0.29, 0.717) is 16.4 Å². The Hall–Kier alpha value is -2.80. The number of ether oxygens (including phenoxy) is 1. The highest BCUT2D eigenvalue weighted by molar-refractivity contribution is 6.30. The normalized spacial score (nSPS) is 15.3. The van der Waals surface area contributed by atoms with Crippen LogP contribution in [0.15, 0.2) is 36.5 Å². The lowest BCUT2D eigenvalue weighted by Crippen LogP contribution is -2.59. The largest absolute Gasteiger partial charge is 0.451 e. The average Bonchev–Trinajstić information content (AvgIpc) is 3.00. The highest BCUT2D eigenvalue weighted by Gasteiger charge is 2.43. The molecule has 1 aromatic carbocycles. The molecule has 0 aliphatic carbocycles. The molecule has 2 amide bonds. The number of aromatic nitrogens is 1. The van der Waals surface area contributed by atoms with Crippen molar-refractivity contribution < 1.29 is 19.1 Å². The van der Waals surface area contributed by atoms with Crippen molar-refractivity contribution in [2.24, 2.45) is 0 Å². The van der Waals surface area contributed by atoms with E-state index in [0.717, 1.165) is 0 Å². The number of esters is 1. The Balaban J connectivity index is 1.80. The van der Waals surface area contributed by atoms with E-state index in [1.165, 1.54) is 17.2 Å². The number of nitrogens with one attached hydrogen (secondary N) is 2. The summed E-state index contributed by atoms with van der Waals surface area (Å²) < 4.78 is 5.05. The highest BCUT2D eigenvalue weighted by atomic mass is 35.5. The molecule has 8 heteroatoms. The maximum absolute atomic E-state index is 12.7. The molecule has 1 aliphatic rings. The van der Waals surface area contributed by atoms with Crippen LogP contribution in [0.1, 0.15) is 24.3 Å². The molecular weight excluding hydrogens is 346 g/mol. The first-order chi connectivity index (χ1) is 11.8. The molecule has 0 unspecified atom stereocenters. The standard InChI is InChI=1S/C17H16ClN3O4/c1-17(2)16(24)20-11-5-3-4-6-13(11)21(17)14(22)9-25-15(23)12-7-10(18)8-19-12/h3-8,19H,9H2,1-2H3,(H,20,24). The minimum absolute atomic E-state index is 0.147. The van der Waals surface area contributed by atoms with E-state index in [1.54, 1.807) is 38.1 Å². The smallest absolute Gasteiger partial charge is 0.355 e. The third-order valence-electron chi connectivity index (χ3n) is 3.95.